The minimum atomic E-state index is -0.265. The second-order valence-corrected chi connectivity index (χ2v) is 9.82. The number of hydrogen-bond acceptors (Lipinski definition) is 4. The smallest absolute Gasteiger partial charge is 0.311 e. The van der Waals surface area contributed by atoms with Crippen molar-refractivity contribution in [3.8, 4) is 11.5 Å². The molecule has 0 aliphatic heterocycles. The molecule has 0 bridgehead atoms. The minimum Gasteiger partial charge on any atom is -0.423 e. The quantitative estimate of drug-likeness (QED) is 0.138. The first-order valence-electron chi connectivity index (χ1n) is 12.9. The van der Waals surface area contributed by atoms with Gasteiger partial charge in [-0.1, -0.05) is 85.6 Å². The molecule has 0 fully saturated rings. The van der Waals surface area contributed by atoms with E-state index in [0.29, 0.717) is 36.2 Å². The first-order valence-corrected chi connectivity index (χ1v) is 12.9. The summed E-state index contributed by atoms with van der Waals surface area (Å²) in [7, 11) is 0. The second kappa shape index (κ2) is 16.7. The van der Waals surface area contributed by atoms with Crippen LogP contribution in [0.15, 0.2) is 18.2 Å². The highest BCUT2D eigenvalue weighted by Crippen LogP contribution is 2.30. The number of carbonyl (C=O) groups excluding carboxylic acids is 2. The summed E-state index contributed by atoms with van der Waals surface area (Å²) in [5.74, 6) is 1.49. The summed E-state index contributed by atoms with van der Waals surface area (Å²) in [6.45, 7) is 10.9. The van der Waals surface area contributed by atoms with Crippen molar-refractivity contribution >= 4 is 11.9 Å². The van der Waals surface area contributed by atoms with Crippen LogP contribution in [0.5, 0.6) is 11.5 Å². The maximum Gasteiger partial charge on any atom is 0.311 e. The molecule has 0 saturated heterocycles. The number of esters is 2. The number of carbonyl (C=O) groups is 2. The SMILES string of the molecule is CCCCCCc1ccc(OC(=O)CCCCC(C)C)c(OC(=O)CCCCC(C)C)c1. The molecule has 1 aromatic rings. The van der Waals surface area contributed by atoms with Crippen LogP contribution in [0.25, 0.3) is 0 Å². The summed E-state index contributed by atoms with van der Waals surface area (Å²) in [5.41, 5.74) is 1.11. The highest BCUT2D eigenvalue weighted by Gasteiger charge is 2.15. The molecule has 0 atom stereocenters. The summed E-state index contributed by atoms with van der Waals surface area (Å²) in [6, 6.07) is 5.63. The topological polar surface area (TPSA) is 52.6 Å². The third kappa shape index (κ3) is 13.5. The van der Waals surface area contributed by atoms with Crippen LogP contribution in [0.1, 0.15) is 117 Å². The molecule has 4 heteroatoms. The normalized spacial score (nSPS) is 11.2. The standard InChI is InChI=1S/C28H46O4/c1-6-7-8-9-16-24-19-20-25(31-27(29)17-12-10-14-22(2)3)26(21-24)32-28(30)18-13-11-15-23(4)5/h19-23H,6-18H2,1-5H3. The van der Waals surface area contributed by atoms with Crippen LogP contribution in [0.3, 0.4) is 0 Å². The van der Waals surface area contributed by atoms with Gasteiger partial charge in [0.1, 0.15) is 0 Å². The number of rotatable bonds is 17. The Kier molecular flexibility index (Phi) is 14.8. The fourth-order valence-electron chi connectivity index (χ4n) is 3.62. The van der Waals surface area contributed by atoms with Gasteiger partial charge in [0, 0.05) is 12.8 Å². The Hall–Kier alpha value is -1.84. The Morgan fingerprint density at radius 3 is 1.81 bits per heavy atom. The van der Waals surface area contributed by atoms with E-state index in [4.69, 9.17) is 9.47 Å². The van der Waals surface area contributed by atoms with Gasteiger partial charge in [-0.2, -0.15) is 0 Å². The molecule has 4 nitrogen and oxygen atoms in total. The Bertz CT molecular complexity index is 663. The number of ether oxygens (including phenoxy) is 2. The van der Waals surface area contributed by atoms with Crippen LogP contribution in [0, 0.1) is 11.8 Å². The Morgan fingerprint density at radius 2 is 1.28 bits per heavy atom. The van der Waals surface area contributed by atoms with Crippen molar-refractivity contribution in [1.82, 2.24) is 0 Å². The molecule has 0 N–H and O–H groups in total. The molecule has 0 aliphatic carbocycles. The number of unbranched alkanes of at least 4 members (excludes halogenated alkanes) is 5. The Balaban J connectivity index is 2.72. The molecule has 0 aliphatic rings. The lowest BCUT2D eigenvalue weighted by Gasteiger charge is -2.13. The number of benzene rings is 1. The molecule has 1 aromatic carbocycles. The van der Waals surface area contributed by atoms with Gasteiger partial charge in [0.25, 0.3) is 0 Å². The van der Waals surface area contributed by atoms with E-state index in [2.05, 4.69) is 34.6 Å². The lowest BCUT2D eigenvalue weighted by atomic mass is 10.1. The zero-order valence-corrected chi connectivity index (χ0v) is 21.2. The van der Waals surface area contributed by atoms with Gasteiger partial charge >= 0.3 is 11.9 Å². The zero-order valence-electron chi connectivity index (χ0n) is 21.2. The fourth-order valence-corrected chi connectivity index (χ4v) is 3.62. The highest BCUT2D eigenvalue weighted by molar-refractivity contribution is 5.76. The van der Waals surface area contributed by atoms with Crippen LogP contribution in [-0.2, 0) is 16.0 Å². The molecule has 0 unspecified atom stereocenters. The van der Waals surface area contributed by atoms with Gasteiger partial charge < -0.3 is 9.47 Å². The predicted octanol–water partition coefficient (Wildman–Crippen LogP) is 8.05. The minimum absolute atomic E-state index is 0.258. The lowest BCUT2D eigenvalue weighted by Crippen LogP contribution is -2.12. The van der Waals surface area contributed by atoms with Crippen LogP contribution in [0.2, 0.25) is 0 Å². The molecule has 0 aromatic heterocycles. The molecular weight excluding hydrogens is 400 g/mol. The summed E-state index contributed by atoms with van der Waals surface area (Å²) < 4.78 is 11.3. The van der Waals surface area contributed by atoms with E-state index in [9.17, 15) is 9.59 Å². The van der Waals surface area contributed by atoms with Gasteiger partial charge in [0.2, 0.25) is 0 Å². The van der Waals surface area contributed by atoms with E-state index in [1.807, 2.05) is 12.1 Å². The van der Waals surface area contributed by atoms with Crippen molar-refractivity contribution in [2.75, 3.05) is 0 Å². The van der Waals surface area contributed by atoms with E-state index >= 15 is 0 Å². The third-order valence-electron chi connectivity index (χ3n) is 5.60. The molecule has 0 radical (unpaired) electrons. The Labute approximate surface area is 196 Å². The average molecular weight is 447 g/mol. The lowest BCUT2D eigenvalue weighted by molar-refractivity contribution is -0.137. The predicted molar refractivity (Wildman–Crippen MR) is 132 cm³/mol. The molecule has 0 amide bonds. The Morgan fingerprint density at radius 1 is 0.719 bits per heavy atom. The first kappa shape index (κ1) is 28.2. The van der Waals surface area contributed by atoms with Crippen LogP contribution >= 0.6 is 0 Å². The molecule has 32 heavy (non-hydrogen) atoms. The maximum atomic E-state index is 12.4. The van der Waals surface area contributed by atoms with Crippen LogP contribution < -0.4 is 9.47 Å². The van der Waals surface area contributed by atoms with Crippen molar-refractivity contribution < 1.29 is 19.1 Å². The van der Waals surface area contributed by atoms with E-state index in [1.54, 1.807) is 6.07 Å². The largest absolute Gasteiger partial charge is 0.423 e. The monoisotopic (exact) mass is 446 g/mol. The summed E-state index contributed by atoms with van der Waals surface area (Å²) >= 11 is 0. The van der Waals surface area contributed by atoms with Gasteiger partial charge in [-0.25, -0.2) is 0 Å². The van der Waals surface area contributed by atoms with Crippen LogP contribution in [0.4, 0.5) is 0 Å². The van der Waals surface area contributed by atoms with Crippen molar-refractivity contribution in [3.05, 3.63) is 23.8 Å². The summed E-state index contributed by atoms with van der Waals surface area (Å²) in [4.78, 5) is 24.8. The van der Waals surface area contributed by atoms with E-state index in [1.165, 1.54) is 19.3 Å². The van der Waals surface area contributed by atoms with Gasteiger partial charge in [-0.3, -0.25) is 9.59 Å². The van der Waals surface area contributed by atoms with Crippen molar-refractivity contribution in [2.24, 2.45) is 11.8 Å². The molecular formula is C28H46O4. The summed E-state index contributed by atoms with van der Waals surface area (Å²) in [6.07, 6.45) is 12.3. The molecule has 0 heterocycles. The molecule has 0 spiro atoms. The number of aryl methyl sites for hydroxylation is 1. The molecule has 182 valence electrons. The van der Waals surface area contributed by atoms with Gasteiger partial charge in [-0.05, 0) is 55.2 Å². The third-order valence-corrected chi connectivity index (χ3v) is 5.60. The number of hydrogen-bond donors (Lipinski definition) is 0. The van der Waals surface area contributed by atoms with Crippen molar-refractivity contribution in [1.29, 1.82) is 0 Å². The van der Waals surface area contributed by atoms with E-state index in [0.717, 1.165) is 56.9 Å². The first-order chi connectivity index (χ1) is 15.3. The van der Waals surface area contributed by atoms with E-state index in [-0.39, 0.29) is 11.9 Å². The summed E-state index contributed by atoms with van der Waals surface area (Å²) in [5, 5.41) is 0. The van der Waals surface area contributed by atoms with Crippen LogP contribution in [-0.4, -0.2) is 11.9 Å². The van der Waals surface area contributed by atoms with Gasteiger partial charge in [0.15, 0.2) is 11.5 Å². The van der Waals surface area contributed by atoms with Crippen molar-refractivity contribution in [3.63, 3.8) is 0 Å². The maximum absolute atomic E-state index is 12.4. The fraction of sp³-hybridized carbons (Fsp3) is 0.714. The van der Waals surface area contributed by atoms with E-state index < -0.39 is 0 Å². The zero-order chi connectivity index (χ0) is 23.8. The average Bonchev–Trinajstić information content (AvgIpc) is 2.73. The van der Waals surface area contributed by atoms with Gasteiger partial charge in [0.05, 0.1) is 0 Å². The second-order valence-electron chi connectivity index (χ2n) is 9.82. The van der Waals surface area contributed by atoms with Gasteiger partial charge in [-0.15, -0.1) is 0 Å². The van der Waals surface area contributed by atoms with Crippen molar-refractivity contribution in [2.45, 2.75) is 118 Å². The molecule has 1 rings (SSSR count). The highest BCUT2D eigenvalue weighted by atomic mass is 16.6. The molecule has 0 saturated carbocycles.